The molecule has 0 spiro atoms. The van der Waals surface area contributed by atoms with Gasteiger partial charge in [-0.05, 0) is 0 Å². The van der Waals surface area contributed by atoms with E-state index in [4.69, 9.17) is 9.84 Å². The summed E-state index contributed by atoms with van der Waals surface area (Å²) in [6.07, 6.45) is -0.649. The molecule has 2 unspecified atom stereocenters. The smallest absolute Gasteiger partial charge is 0.330 e. The van der Waals surface area contributed by atoms with Crippen LogP contribution in [-0.4, -0.2) is 38.6 Å². The fraction of sp³-hybridized carbons (Fsp3) is 0.556. The van der Waals surface area contributed by atoms with E-state index in [1.807, 2.05) is 0 Å². The molecule has 1 saturated heterocycles. The van der Waals surface area contributed by atoms with Gasteiger partial charge in [-0.2, -0.15) is 0 Å². The molecule has 0 radical (unpaired) electrons. The maximum absolute atomic E-state index is 11.4. The highest BCUT2D eigenvalue weighted by atomic mass is 16.5. The van der Waals surface area contributed by atoms with E-state index in [2.05, 4.69) is 4.98 Å². The Morgan fingerprint density at radius 1 is 1.56 bits per heavy atom. The second kappa shape index (κ2) is 4.20. The standard InChI is InChI=1S/C9H12N2O5/c12-4-6-5(13)3-8(16-6)11-2-1-7(14)10-9(11)15/h1-2,5-6,8,12-13H,3-4H2,(H,10,14,15)/t5?,6-,8?/m0/s1. The molecule has 2 rings (SSSR count). The molecule has 1 aromatic heterocycles. The fourth-order valence-electron chi connectivity index (χ4n) is 1.70. The summed E-state index contributed by atoms with van der Waals surface area (Å²) in [7, 11) is 0. The molecule has 7 heteroatoms. The van der Waals surface area contributed by atoms with E-state index in [0.29, 0.717) is 0 Å². The number of ether oxygens (including phenoxy) is 1. The van der Waals surface area contributed by atoms with Crippen LogP contribution in [0.5, 0.6) is 0 Å². The summed E-state index contributed by atoms with van der Waals surface area (Å²) in [4.78, 5) is 24.3. The summed E-state index contributed by atoms with van der Waals surface area (Å²) in [5.74, 6) is 0. The zero-order valence-corrected chi connectivity index (χ0v) is 8.37. The summed E-state index contributed by atoms with van der Waals surface area (Å²) in [5, 5.41) is 18.4. The Kier molecular flexibility index (Phi) is 2.90. The number of rotatable bonds is 2. The molecule has 2 heterocycles. The number of H-pyrrole nitrogens is 1. The van der Waals surface area contributed by atoms with Crippen molar-refractivity contribution in [3.63, 3.8) is 0 Å². The lowest BCUT2D eigenvalue weighted by atomic mass is 10.2. The van der Waals surface area contributed by atoms with Crippen LogP contribution in [-0.2, 0) is 4.74 Å². The molecule has 16 heavy (non-hydrogen) atoms. The van der Waals surface area contributed by atoms with Gasteiger partial charge in [0.25, 0.3) is 5.56 Å². The molecular formula is C9H12N2O5. The van der Waals surface area contributed by atoms with Crippen LogP contribution >= 0.6 is 0 Å². The Bertz CT molecular complexity index is 479. The predicted octanol–water partition coefficient (Wildman–Crippen LogP) is -1.82. The number of hydrogen-bond acceptors (Lipinski definition) is 5. The van der Waals surface area contributed by atoms with E-state index in [-0.39, 0.29) is 13.0 Å². The topological polar surface area (TPSA) is 105 Å². The molecule has 0 aliphatic carbocycles. The molecule has 3 N–H and O–H groups in total. The first kappa shape index (κ1) is 11.1. The van der Waals surface area contributed by atoms with Gasteiger partial charge in [0.1, 0.15) is 12.3 Å². The first-order valence-corrected chi connectivity index (χ1v) is 4.87. The molecule has 1 aliphatic rings. The number of nitrogens with zero attached hydrogens (tertiary/aromatic N) is 1. The Morgan fingerprint density at radius 3 is 2.88 bits per heavy atom. The number of hydrogen-bond donors (Lipinski definition) is 3. The summed E-state index contributed by atoms with van der Waals surface area (Å²) in [5.41, 5.74) is -1.08. The Labute approximate surface area is 89.9 Å². The molecule has 7 nitrogen and oxygen atoms in total. The normalized spacial score (nSPS) is 29.5. The van der Waals surface area contributed by atoms with Gasteiger partial charge in [-0.15, -0.1) is 0 Å². The number of aliphatic hydroxyl groups is 2. The van der Waals surface area contributed by atoms with Crippen molar-refractivity contribution in [2.75, 3.05) is 6.61 Å². The van der Waals surface area contributed by atoms with Gasteiger partial charge < -0.3 is 14.9 Å². The molecule has 1 aliphatic heterocycles. The molecule has 3 atom stereocenters. The van der Waals surface area contributed by atoms with Crippen molar-refractivity contribution in [3.05, 3.63) is 33.1 Å². The lowest BCUT2D eigenvalue weighted by molar-refractivity contribution is -0.0459. The molecule has 0 saturated carbocycles. The summed E-state index contributed by atoms with van der Waals surface area (Å²) in [6.45, 7) is -0.310. The van der Waals surface area contributed by atoms with Crippen LogP contribution in [0.2, 0.25) is 0 Å². The first-order valence-electron chi connectivity index (χ1n) is 4.87. The first-order chi connectivity index (χ1) is 7.61. The monoisotopic (exact) mass is 228 g/mol. The zero-order chi connectivity index (χ0) is 11.7. The maximum Gasteiger partial charge on any atom is 0.330 e. The second-order valence-corrected chi connectivity index (χ2v) is 3.63. The molecule has 1 aromatic rings. The van der Waals surface area contributed by atoms with Crippen molar-refractivity contribution in [2.45, 2.75) is 24.9 Å². The molecule has 88 valence electrons. The average molecular weight is 228 g/mol. The van der Waals surface area contributed by atoms with Crippen LogP contribution in [0.4, 0.5) is 0 Å². The van der Waals surface area contributed by atoms with Crippen molar-refractivity contribution in [1.29, 1.82) is 0 Å². The lowest BCUT2D eigenvalue weighted by Crippen LogP contribution is -2.31. The molecule has 1 fully saturated rings. The predicted molar refractivity (Wildman–Crippen MR) is 52.9 cm³/mol. The molecule has 0 bridgehead atoms. The third-order valence-corrected chi connectivity index (χ3v) is 2.55. The Hall–Kier alpha value is -1.44. The number of nitrogens with one attached hydrogen (secondary N) is 1. The molecular weight excluding hydrogens is 216 g/mol. The average Bonchev–Trinajstić information content (AvgIpc) is 2.59. The minimum absolute atomic E-state index is 0.206. The van der Waals surface area contributed by atoms with Gasteiger partial charge >= 0.3 is 5.69 Å². The third kappa shape index (κ3) is 1.92. The molecule has 0 amide bonds. The molecule has 0 aromatic carbocycles. The maximum atomic E-state index is 11.4. The zero-order valence-electron chi connectivity index (χ0n) is 8.37. The van der Waals surface area contributed by atoms with Gasteiger partial charge in [-0.1, -0.05) is 0 Å². The quantitative estimate of drug-likeness (QED) is 0.552. The van der Waals surface area contributed by atoms with Crippen molar-refractivity contribution in [3.8, 4) is 0 Å². The highest BCUT2D eigenvalue weighted by Crippen LogP contribution is 2.26. The highest BCUT2D eigenvalue weighted by molar-refractivity contribution is 4.88. The van der Waals surface area contributed by atoms with Crippen LogP contribution in [0, 0.1) is 0 Å². The van der Waals surface area contributed by atoms with Crippen molar-refractivity contribution < 1.29 is 14.9 Å². The van der Waals surface area contributed by atoms with E-state index in [1.165, 1.54) is 16.8 Å². The van der Waals surface area contributed by atoms with Gasteiger partial charge in [-0.3, -0.25) is 14.3 Å². The van der Waals surface area contributed by atoms with Gasteiger partial charge in [0.2, 0.25) is 0 Å². The highest BCUT2D eigenvalue weighted by Gasteiger charge is 2.34. The Morgan fingerprint density at radius 2 is 2.31 bits per heavy atom. The van der Waals surface area contributed by atoms with E-state index >= 15 is 0 Å². The van der Waals surface area contributed by atoms with E-state index in [1.54, 1.807) is 0 Å². The van der Waals surface area contributed by atoms with E-state index in [9.17, 15) is 14.7 Å². The second-order valence-electron chi connectivity index (χ2n) is 3.63. The largest absolute Gasteiger partial charge is 0.394 e. The lowest BCUT2D eigenvalue weighted by Gasteiger charge is -2.13. The van der Waals surface area contributed by atoms with Gasteiger partial charge in [0, 0.05) is 18.7 Å². The van der Waals surface area contributed by atoms with Crippen molar-refractivity contribution in [2.24, 2.45) is 0 Å². The minimum atomic E-state index is -0.811. The van der Waals surface area contributed by atoms with E-state index in [0.717, 1.165) is 0 Å². The van der Waals surface area contributed by atoms with Crippen LogP contribution in [0.3, 0.4) is 0 Å². The van der Waals surface area contributed by atoms with Crippen molar-refractivity contribution >= 4 is 0 Å². The van der Waals surface area contributed by atoms with Crippen LogP contribution in [0.15, 0.2) is 21.9 Å². The van der Waals surface area contributed by atoms with Crippen LogP contribution in [0.1, 0.15) is 12.6 Å². The third-order valence-electron chi connectivity index (χ3n) is 2.55. The SMILES string of the molecule is O=c1ccn(C2CC(O)[C@H](CO)O2)c(=O)[nH]1. The Balaban J connectivity index is 2.27. The van der Waals surface area contributed by atoms with Crippen LogP contribution in [0.25, 0.3) is 0 Å². The summed E-state index contributed by atoms with van der Waals surface area (Å²) >= 11 is 0. The van der Waals surface area contributed by atoms with Crippen LogP contribution < -0.4 is 11.2 Å². The summed E-state index contributed by atoms with van der Waals surface area (Å²) < 4.78 is 6.45. The van der Waals surface area contributed by atoms with Gasteiger partial charge in [0.05, 0.1) is 12.7 Å². The minimum Gasteiger partial charge on any atom is -0.394 e. The van der Waals surface area contributed by atoms with Gasteiger partial charge in [-0.25, -0.2) is 4.79 Å². The number of aromatic amines is 1. The fourth-order valence-corrected chi connectivity index (χ4v) is 1.70. The number of aromatic nitrogens is 2. The summed E-state index contributed by atoms with van der Waals surface area (Å²) in [6, 6.07) is 1.20. The van der Waals surface area contributed by atoms with Gasteiger partial charge in [0.15, 0.2) is 0 Å². The van der Waals surface area contributed by atoms with E-state index < -0.39 is 29.7 Å². The van der Waals surface area contributed by atoms with Crippen molar-refractivity contribution in [1.82, 2.24) is 9.55 Å². The number of aliphatic hydroxyl groups excluding tert-OH is 2.